The molecule has 0 unspecified atom stereocenters. The number of nitrogens with zero attached hydrogens (tertiary/aromatic N) is 3. The zero-order valence-electron chi connectivity index (χ0n) is 29.4. The van der Waals surface area contributed by atoms with Gasteiger partial charge in [-0.3, -0.25) is 23.9 Å². The number of amides is 5. The van der Waals surface area contributed by atoms with E-state index in [0.29, 0.717) is 43.1 Å². The highest BCUT2D eigenvalue weighted by atomic mass is 32.2. The van der Waals surface area contributed by atoms with E-state index in [1.165, 1.54) is 16.8 Å². The van der Waals surface area contributed by atoms with Crippen molar-refractivity contribution >= 4 is 50.8 Å². The molecule has 1 aromatic heterocycles. The number of hydrogen-bond donors (Lipinski definition) is 4. The van der Waals surface area contributed by atoms with Crippen molar-refractivity contribution in [2.24, 2.45) is 5.92 Å². The highest BCUT2D eigenvalue weighted by Gasteiger charge is 2.65. The van der Waals surface area contributed by atoms with E-state index in [0.717, 1.165) is 12.8 Å². The molecule has 51 heavy (non-hydrogen) atoms. The molecule has 0 bridgehead atoms. The van der Waals surface area contributed by atoms with Gasteiger partial charge in [-0.15, -0.1) is 0 Å². The van der Waals surface area contributed by atoms with Crippen LogP contribution in [-0.4, -0.2) is 106 Å². The van der Waals surface area contributed by atoms with Crippen molar-refractivity contribution in [2.45, 2.75) is 113 Å². The number of imidazole rings is 1. The molecule has 16 heteroatoms. The number of ether oxygens (including phenoxy) is 1. The van der Waals surface area contributed by atoms with Crippen LogP contribution in [0.2, 0.25) is 0 Å². The van der Waals surface area contributed by atoms with Crippen LogP contribution in [0.3, 0.4) is 0 Å². The van der Waals surface area contributed by atoms with Crippen LogP contribution in [0, 0.1) is 5.92 Å². The summed E-state index contributed by atoms with van der Waals surface area (Å²) in [5.41, 5.74) is -1.02. The van der Waals surface area contributed by atoms with Gasteiger partial charge in [0.2, 0.25) is 21.8 Å². The molecule has 5 amide bonds. The Kier molecular flexibility index (Phi) is 9.92. The molecule has 4 N–H and O–H groups in total. The maximum absolute atomic E-state index is 14.5. The third-order valence-electron chi connectivity index (χ3n) is 10.0. The molecular formula is C35H47N7O8S. The third-order valence-corrected chi connectivity index (χ3v) is 11.9. The minimum absolute atomic E-state index is 0.0125. The first kappa shape index (κ1) is 36.3. The number of alkyl carbamates (subject to hydrolysis) is 1. The van der Waals surface area contributed by atoms with Gasteiger partial charge in [0.1, 0.15) is 23.2 Å². The Bertz CT molecular complexity index is 1820. The Hall–Kier alpha value is -4.47. The van der Waals surface area contributed by atoms with Gasteiger partial charge in [-0.1, -0.05) is 37.1 Å². The molecule has 3 heterocycles. The fourth-order valence-corrected chi connectivity index (χ4v) is 8.45. The predicted molar refractivity (Wildman–Crippen MR) is 187 cm³/mol. The topological polar surface area (TPSA) is 200 Å². The average Bonchev–Trinajstić information content (AvgIpc) is 3.96. The molecule has 2 aromatic rings. The van der Waals surface area contributed by atoms with Gasteiger partial charge in [-0.05, 0) is 77.8 Å². The Morgan fingerprint density at radius 3 is 2.47 bits per heavy atom. The normalized spacial score (nSPS) is 28.2. The minimum Gasteiger partial charge on any atom is -0.444 e. The van der Waals surface area contributed by atoms with E-state index in [9.17, 15) is 32.4 Å². The third kappa shape index (κ3) is 7.90. The molecule has 3 fully saturated rings. The van der Waals surface area contributed by atoms with Crippen LogP contribution in [-0.2, 0) is 29.1 Å². The summed E-state index contributed by atoms with van der Waals surface area (Å²) in [5.74, 6) is -2.77. The molecule has 15 nitrogen and oxygen atoms in total. The second-order valence-corrected chi connectivity index (χ2v) is 17.0. The Morgan fingerprint density at radius 1 is 1.02 bits per heavy atom. The molecular weight excluding hydrogens is 678 g/mol. The monoisotopic (exact) mass is 725 g/mol. The summed E-state index contributed by atoms with van der Waals surface area (Å²) >= 11 is 0. The van der Waals surface area contributed by atoms with Crippen molar-refractivity contribution in [3.8, 4) is 0 Å². The summed E-state index contributed by atoms with van der Waals surface area (Å²) in [5, 5.41) is 4.98. The summed E-state index contributed by atoms with van der Waals surface area (Å²) in [6.45, 7) is 5.09. The number of benzene rings is 1. The number of aromatic amines is 1. The van der Waals surface area contributed by atoms with Gasteiger partial charge < -0.3 is 30.2 Å². The van der Waals surface area contributed by atoms with Gasteiger partial charge in [0.05, 0.1) is 16.3 Å². The van der Waals surface area contributed by atoms with E-state index in [1.54, 1.807) is 39.0 Å². The standard InChI is InChI=1S/C35H47N7O8S/c1-34(2,3)50-33(47)39-26-15-9-7-5-6-8-12-21-19-35(21,32(46)40-51(48,49)23-16-17-23)41(4)31(45)27-18-22(20-42(27)30(26)44)36-29(43)28-37-24-13-10-11-14-25(24)38-28/h8,10-14,21-23,26-27H,5-7,9,15-20H2,1-4H3,(H,36,43)(H,37,38)(H,39,47)(H,40,46)/b12-8-/t21-,22-,26+,27+,35-/m1/s1. The van der Waals surface area contributed by atoms with E-state index < -0.39 is 80.2 Å². The molecule has 276 valence electrons. The van der Waals surface area contributed by atoms with Crippen molar-refractivity contribution < 1.29 is 37.1 Å². The summed E-state index contributed by atoms with van der Waals surface area (Å²) < 4.78 is 33.4. The zero-order chi connectivity index (χ0) is 36.7. The van der Waals surface area contributed by atoms with Crippen LogP contribution >= 0.6 is 0 Å². The molecule has 2 saturated carbocycles. The summed E-state index contributed by atoms with van der Waals surface area (Å²) in [6, 6.07) is 4.33. The lowest BCUT2D eigenvalue weighted by Gasteiger charge is -2.34. The minimum atomic E-state index is -3.91. The molecule has 4 aliphatic rings. The van der Waals surface area contributed by atoms with Crippen molar-refractivity contribution in [1.82, 2.24) is 35.1 Å². The number of rotatable bonds is 6. The molecule has 1 aromatic carbocycles. The van der Waals surface area contributed by atoms with E-state index in [2.05, 4.69) is 25.3 Å². The number of sulfonamides is 1. The van der Waals surface area contributed by atoms with Crippen molar-refractivity contribution in [3.63, 3.8) is 0 Å². The predicted octanol–water partition coefficient (Wildman–Crippen LogP) is 2.50. The number of carbonyl (C=O) groups is 5. The number of carbonyl (C=O) groups excluding carboxylic acids is 5. The largest absolute Gasteiger partial charge is 0.444 e. The van der Waals surface area contributed by atoms with Crippen LogP contribution in [0.5, 0.6) is 0 Å². The molecule has 5 atom stereocenters. The van der Waals surface area contributed by atoms with Crippen LogP contribution in [0.1, 0.15) is 89.2 Å². The van der Waals surface area contributed by atoms with Gasteiger partial charge in [-0.2, -0.15) is 0 Å². The van der Waals surface area contributed by atoms with Crippen LogP contribution in [0.25, 0.3) is 11.0 Å². The number of aromatic nitrogens is 2. The molecule has 0 radical (unpaired) electrons. The average molecular weight is 726 g/mol. The first-order chi connectivity index (χ1) is 24.1. The maximum atomic E-state index is 14.5. The number of allylic oxidation sites excluding steroid dienone is 1. The van der Waals surface area contributed by atoms with Crippen molar-refractivity contribution in [3.05, 3.63) is 42.2 Å². The first-order valence-electron chi connectivity index (χ1n) is 17.6. The quantitative estimate of drug-likeness (QED) is 0.323. The molecule has 0 spiro atoms. The number of hydrogen-bond acceptors (Lipinski definition) is 9. The Morgan fingerprint density at radius 2 is 1.76 bits per heavy atom. The maximum Gasteiger partial charge on any atom is 0.408 e. The highest BCUT2D eigenvalue weighted by molar-refractivity contribution is 7.91. The van der Waals surface area contributed by atoms with E-state index in [4.69, 9.17) is 4.74 Å². The highest BCUT2D eigenvalue weighted by Crippen LogP contribution is 2.50. The SMILES string of the molecule is CN1C(=O)[C@@H]2C[C@@H](NC(=O)c3nc4ccccc4[nH]3)CN2C(=O)[C@@H](NC(=O)OC(C)(C)C)CCCCC/C=C\[C@@H]2C[C@]21C(=O)NS(=O)(=O)C1CC1. The lowest BCUT2D eigenvalue weighted by molar-refractivity contribution is -0.148. The number of fused-ring (bicyclic) bond motifs is 3. The van der Waals surface area contributed by atoms with Gasteiger partial charge in [-0.25, -0.2) is 18.2 Å². The summed E-state index contributed by atoms with van der Waals surface area (Å²) in [4.78, 5) is 79.0. The van der Waals surface area contributed by atoms with Crippen LogP contribution < -0.4 is 15.4 Å². The van der Waals surface area contributed by atoms with E-state index in [1.807, 2.05) is 18.2 Å². The van der Waals surface area contributed by atoms with E-state index >= 15 is 0 Å². The van der Waals surface area contributed by atoms with Gasteiger partial charge in [0, 0.05) is 25.6 Å². The van der Waals surface area contributed by atoms with Gasteiger partial charge in [0.15, 0.2) is 5.82 Å². The number of likely N-dealkylation sites (N-methyl/N-ethyl adjacent to an activating group) is 1. The summed E-state index contributed by atoms with van der Waals surface area (Å²) in [6.07, 6.45) is 7.31. The van der Waals surface area contributed by atoms with Crippen LogP contribution in [0.4, 0.5) is 4.79 Å². The number of nitrogens with one attached hydrogen (secondary N) is 4. The van der Waals surface area contributed by atoms with Crippen molar-refractivity contribution in [1.29, 1.82) is 0 Å². The number of H-pyrrole nitrogens is 1. The molecule has 2 aliphatic heterocycles. The first-order valence-corrected chi connectivity index (χ1v) is 19.2. The molecule has 1 saturated heterocycles. The fraction of sp³-hybridized carbons (Fsp3) is 0.600. The zero-order valence-corrected chi connectivity index (χ0v) is 30.3. The number of para-hydroxylation sites is 2. The fourth-order valence-electron chi connectivity index (χ4n) is 7.09. The smallest absolute Gasteiger partial charge is 0.408 e. The van der Waals surface area contributed by atoms with E-state index in [-0.39, 0.29) is 25.2 Å². The summed E-state index contributed by atoms with van der Waals surface area (Å²) in [7, 11) is -2.45. The van der Waals surface area contributed by atoms with Crippen LogP contribution in [0.15, 0.2) is 36.4 Å². The lowest BCUT2D eigenvalue weighted by Crippen LogP contribution is -2.58. The van der Waals surface area contributed by atoms with Gasteiger partial charge >= 0.3 is 6.09 Å². The lowest BCUT2D eigenvalue weighted by atomic mass is 10.0. The van der Waals surface area contributed by atoms with Crippen molar-refractivity contribution in [2.75, 3.05) is 13.6 Å². The second-order valence-electron chi connectivity index (χ2n) is 15.1. The Balaban J connectivity index is 1.30. The Labute approximate surface area is 297 Å². The second kappa shape index (κ2) is 13.9. The van der Waals surface area contributed by atoms with Gasteiger partial charge in [0.25, 0.3) is 11.8 Å². The molecule has 2 aliphatic carbocycles. The molecule has 6 rings (SSSR count).